The van der Waals surface area contributed by atoms with Gasteiger partial charge in [-0.1, -0.05) is 33.1 Å². The number of hydrogen-bond donors (Lipinski definition) is 1. The second-order valence-corrected chi connectivity index (χ2v) is 5.07. The van der Waals surface area contributed by atoms with Crippen LogP contribution in [0.5, 0.6) is 0 Å². The molecule has 0 unspecified atom stereocenters. The molecule has 0 spiro atoms. The van der Waals surface area contributed by atoms with E-state index in [1.54, 1.807) is 0 Å². The van der Waals surface area contributed by atoms with E-state index in [1.165, 1.54) is 71.2 Å². The molecule has 0 aromatic heterocycles. The highest BCUT2D eigenvalue weighted by atomic mass is 15.1. The first-order chi connectivity index (χ1) is 7.86. The summed E-state index contributed by atoms with van der Waals surface area (Å²) in [5.41, 5.74) is 0. The molecule has 2 nitrogen and oxygen atoms in total. The minimum atomic E-state index is 1.02. The molecule has 0 aliphatic carbocycles. The molecule has 0 bridgehead atoms. The Morgan fingerprint density at radius 3 is 2.31 bits per heavy atom. The zero-order valence-corrected chi connectivity index (χ0v) is 11.3. The molecule has 1 N–H and O–H groups in total. The van der Waals surface area contributed by atoms with Crippen molar-refractivity contribution in [3.05, 3.63) is 0 Å². The minimum absolute atomic E-state index is 1.02. The first-order valence-electron chi connectivity index (χ1n) is 7.29. The van der Waals surface area contributed by atoms with Crippen LogP contribution in [0.1, 0.15) is 52.4 Å². The highest BCUT2D eigenvalue weighted by Crippen LogP contribution is 2.19. The number of unbranched alkanes of at least 4 members (excludes halogenated alkanes) is 2. The molecule has 1 rings (SSSR count). The average molecular weight is 226 g/mol. The van der Waals surface area contributed by atoms with Crippen LogP contribution in [0.15, 0.2) is 0 Å². The summed E-state index contributed by atoms with van der Waals surface area (Å²) in [6.45, 7) is 10.8. The molecule has 0 atom stereocenters. The molecule has 1 saturated heterocycles. The molecule has 0 radical (unpaired) electrons. The van der Waals surface area contributed by atoms with Gasteiger partial charge in [0.2, 0.25) is 0 Å². The van der Waals surface area contributed by atoms with E-state index in [0.717, 1.165) is 5.92 Å². The van der Waals surface area contributed by atoms with Crippen LogP contribution in [0, 0.1) is 5.92 Å². The van der Waals surface area contributed by atoms with Crippen molar-refractivity contribution in [1.29, 1.82) is 0 Å². The fourth-order valence-electron chi connectivity index (χ4n) is 2.66. The predicted octanol–water partition coefficient (Wildman–Crippen LogP) is 2.89. The lowest BCUT2D eigenvalue weighted by atomic mass is 9.92. The molecule has 1 heterocycles. The van der Waals surface area contributed by atoms with Gasteiger partial charge < -0.3 is 10.2 Å². The highest BCUT2D eigenvalue weighted by Gasteiger charge is 2.11. The van der Waals surface area contributed by atoms with Crippen LogP contribution in [0.25, 0.3) is 0 Å². The lowest BCUT2D eigenvalue weighted by Crippen LogP contribution is -2.27. The van der Waals surface area contributed by atoms with Crippen molar-refractivity contribution in [2.24, 2.45) is 5.92 Å². The Labute approximate surface area is 102 Å². The van der Waals surface area contributed by atoms with Crippen LogP contribution in [-0.2, 0) is 0 Å². The lowest BCUT2D eigenvalue weighted by molar-refractivity contribution is 0.289. The third-order valence-corrected chi connectivity index (χ3v) is 3.94. The lowest BCUT2D eigenvalue weighted by Gasteiger charge is -2.22. The Bertz CT molecular complexity index is 149. The third kappa shape index (κ3) is 5.86. The van der Waals surface area contributed by atoms with Crippen LogP contribution in [0.4, 0.5) is 0 Å². The second kappa shape index (κ2) is 9.00. The van der Waals surface area contributed by atoms with Crippen molar-refractivity contribution in [2.45, 2.75) is 52.4 Å². The van der Waals surface area contributed by atoms with Gasteiger partial charge >= 0.3 is 0 Å². The maximum absolute atomic E-state index is 3.44. The molecule has 0 amide bonds. The average Bonchev–Trinajstić information content (AvgIpc) is 2.35. The molecule has 0 saturated carbocycles. The van der Waals surface area contributed by atoms with E-state index in [-0.39, 0.29) is 0 Å². The predicted molar refractivity (Wildman–Crippen MR) is 71.8 cm³/mol. The number of nitrogens with zero attached hydrogens (tertiary/aromatic N) is 1. The van der Waals surface area contributed by atoms with E-state index in [1.807, 2.05) is 0 Å². The number of nitrogens with one attached hydrogen (secondary N) is 1. The van der Waals surface area contributed by atoms with Gasteiger partial charge in [0.25, 0.3) is 0 Å². The van der Waals surface area contributed by atoms with E-state index >= 15 is 0 Å². The van der Waals surface area contributed by atoms with Gasteiger partial charge in [-0.3, -0.25) is 0 Å². The summed E-state index contributed by atoms with van der Waals surface area (Å²) in [5.74, 6) is 1.02. The zero-order chi connectivity index (χ0) is 11.6. The quantitative estimate of drug-likeness (QED) is 0.640. The largest absolute Gasteiger partial charge is 0.317 e. The molecule has 2 heteroatoms. The van der Waals surface area contributed by atoms with Crippen molar-refractivity contribution in [2.75, 3.05) is 32.7 Å². The molecule has 1 fully saturated rings. The van der Waals surface area contributed by atoms with Gasteiger partial charge in [-0.05, 0) is 57.9 Å². The van der Waals surface area contributed by atoms with Gasteiger partial charge in [0, 0.05) is 0 Å². The number of hydrogen-bond acceptors (Lipinski definition) is 2. The fraction of sp³-hybridized carbons (Fsp3) is 1.00. The fourth-order valence-corrected chi connectivity index (χ4v) is 2.66. The smallest absolute Gasteiger partial charge is 0.00190 e. The highest BCUT2D eigenvalue weighted by molar-refractivity contribution is 4.68. The van der Waals surface area contributed by atoms with Crippen LogP contribution in [0.3, 0.4) is 0 Å². The first-order valence-corrected chi connectivity index (χ1v) is 7.29. The van der Waals surface area contributed by atoms with E-state index in [9.17, 15) is 0 Å². The van der Waals surface area contributed by atoms with Gasteiger partial charge in [-0.25, -0.2) is 0 Å². The van der Waals surface area contributed by atoms with Crippen LogP contribution >= 0.6 is 0 Å². The summed E-state index contributed by atoms with van der Waals surface area (Å²) in [7, 11) is 0. The number of rotatable bonds is 8. The summed E-state index contributed by atoms with van der Waals surface area (Å²) < 4.78 is 0. The zero-order valence-electron chi connectivity index (χ0n) is 11.3. The Morgan fingerprint density at radius 2 is 1.69 bits per heavy atom. The van der Waals surface area contributed by atoms with Crippen molar-refractivity contribution in [3.63, 3.8) is 0 Å². The molecule has 96 valence electrons. The van der Waals surface area contributed by atoms with Gasteiger partial charge in [-0.2, -0.15) is 0 Å². The van der Waals surface area contributed by atoms with Crippen molar-refractivity contribution < 1.29 is 0 Å². The summed E-state index contributed by atoms with van der Waals surface area (Å²) in [5, 5.41) is 3.44. The summed E-state index contributed by atoms with van der Waals surface area (Å²) in [6.07, 6.45) is 8.57. The van der Waals surface area contributed by atoms with E-state index in [2.05, 4.69) is 24.1 Å². The van der Waals surface area contributed by atoms with Gasteiger partial charge in [-0.15, -0.1) is 0 Å². The molecule has 1 aliphatic rings. The minimum Gasteiger partial charge on any atom is -0.317 e. The monoisotopic (exact) mass is 226 g/mol. The molecule has 0 aromatic carbocycles. The molecule has 1 aliphatic heterocycles. The van der Waals surface area contributed by atoms with Crippen LogP contribution in [-0.4, -0.2) is 37.6 Å². The summed E-state index contributed by atoms with van der Waals surface area (Å²) in [4.78, 5) is 2.53. The molecule has 0 aromatic rings. The van der Waals surface area contributed by atoms with E-state index in [4.69, 9.17) is 0 Å². The number of piperidine rings is 1. The van der Waals surface area contributed by atoms with Gasteiger partial charge in [0.1, 0.15) is 0 Å². The SMILES string of the molecule is CCN(CC)CCCCCC1CCNCC1. The van der Waals surface area contributed by atoms with Crippen LogP contribution in [0.2, 0.25) is 0 Å². The van der Waals surface area contributed by atoms with E-state index < -0.39 is 0 Å². The summed E-state index contributed by atoms with van der Waals surface area (Å²) in [6, 6.07) is 0. The van der Waals surface area contributed by atoms with Gasteiger partial charge in [0.15, 0.2) is 0 Å². The molecule has 16 heavy (non-hydrogen) atoms. The molecular formula is C14H30N2. The standard InChI is InChI=1S/C14H30N2/c1-3-16(4-2)13-7-5-6-8-14-9-11-15-12-10-14/h14-15H,3-13H2,1-2H3. The molecular weight excluding hydrogens is 196 g/mol. The van der Waals surface area contributed by atoms with Crippen molar-refractivity contribution >= 4 is 0 Å². The second-order valence-electron chi connectivity index (χ2n) is 5.07. The Hall–Kier alpha value is -0.0800. The van der Waals surface area contributed by atoms with Crippen LogP contribution < -0.4 is 5.32 Å². The Morgan fingerprint density at radius 1 is 1.00 bits per heavy atom. The third-order valence-electron chi connectivity index (χ3n) is 3.94. The maximum atomic E-state index is 3.44. The van der Waals surface area contributed by atoms with Crippen molar-refractivity contribution in [1.82, 2.24) is 10.2 Å². The maximum Gasteiger partial charge on any atom is -0.00190 e. The van der Waals surface area contributed by atoms with E-state index in [0.29, 0.717) is 0 Å². The Balaban J connectivity index is 1.90. The Kier molecular flexibility index (Phi) is 7.87. The first kappa shape index (κ1) is 14.0. The summed E-state index contributed by atoms with van der Waals surface area (Å²) >= 11 is 0. The van der Waals surface area contributed by atoms with Gasteiger partial charge in [0.05, 0.1) is 0 Å². The van der Waals surface area contributed by atoms with Crippen molar-refractivity contribution in [3.8, 4) is 0 Å². The normalized spacial score (nSPS) is 18.2. The topological polar surface area (TPSA) is 15.3 Å².